The monoisotopic (exact) mass is 566 g/mol. The molecule has 1 rings (SSSR count). The van der Waals surface area contributed by atoms with Crippen molar-refractivity contribution in [1.29, 1.82) is 5.26 Å². The molecule has 0 aliphatic rings. The number of esters is 1. The third-order valence-corrected chi connectivity index (χ3v) is 5.10. The minimum Gasteiger partial charge on any atom is -0.456 e. The standard InChI is InChI=1S/C29H46N2O9/c1-29(2,3)40-28(33)26(24-30)23-25-5-7-27(8-6-25)31(9-11-32)10-12-35-15-16-37-19-20-39-22-21-38-18-17-36-14-13-34-4/h5-8,23,32H,9-22H2,1-4H3/b26-23+. The molecule has 0 amide bonds. The fourth-order valence-electron chi connectivity index (χ4n) is 3.21. The van der Waals surface area contributed by atoms with E-state index in [1.54, 1.807) is 27.9 Å². The number of benzene rings is 1. The van der Waals surface area contributed by atoms with Crippen LogP contribution in [0.2, 0.25) is 0 Å². The Bertz CT molecular complexity index is 864. The molecular weight excluding hydrogens is 520 g/mol. The smallest absolute Gasteiger partial charge is 0.349 e. The van der Waals surface area contributed by atoms with Crippen LogP contribution in [-0.2, 0) is 38.0 Å². The molecule has 1 aromatic carbocycles. The number of aliphatic hydroxyl groups excluding tert-OH is 1. The second kappa shape index (κ2) is 22.2. The first-order valence-electron chi connectivity index (χ1n) is 13.5. The molecule has 0 saturated heterocycles. The number of carbonyl (C=O) groups excluding carboxylic acids is 1. The predicted octanol–water partition coefficient (Wildman–Crippen LogP) is 2.46. The van der Waals surface area contributed by atoms with Crippen LogP contribution < -0.4 is 4.90 Å². The van der Waals surface area contributed by atoms with E-state index in [-0.39, 0.29) is 12.2 Å². The van der Waals surface area contributed by atoms with E-state index in [1.807, 2.05) is 35.2 Å². The van der Waals surface area contributed by atoms with E-state index in [1.165, 1.54) is 6.08 Å². The summed E-state index contributed by atoms with van der Waals surface area (Å²) in [6, 6.07) is 9.26. The first kappa shape index (κ1) is 35.5. The van der Waals surface area contributed by atoms with Gasteiger partial charge in [0, 0.05) is 25.9 Å². The van der Waals surface area contributed by atoms with Gasteiger partial charge in [0.1, 0.15) is 17.2 Å². The maximum absolute atomic E-state index is 12.2. The largest absolute Gasteiger partial charge is 0.456 e. The van der Waals surface area contributed by atoms with Crippen molar-refractivity contribution in [2.24, 2.45) is 0 Å². The van der Waals surface area contributed by atoms with Crippen molar-refractivity contribution in [2.75, 3.05) is 104 Å². The van der Waals surface area contributed by atoms with Crippen molar-refractivity contribution in [3.05, 3.63) is 35.4 Å². The van der Waals surface area contributed by atoms with Gasteiger partial charge in [-0.15, -0.1) is 0 Å². The summed E-state index contributed by atoms with van der Waals surface area (Å²) in [5.41, 5.74) is 0.840. The molecule has 11 heteroatoms. The number of rotatable bonds is 23. The minimum atomic E-state index is -0.680. The Morgan fingerprint density at radius 2 is 1.30 bits per heavy atom. The molecule has 0 heterocycles. The third kappa shape index (κ3) is 17.9. The van der Waals surface area contributed by atoms with Gasteiger partial charge >= 0.3 is 5.97 Å². The lowest BCUT2D eigenvalue weighted by molar-refractivity contribution is -0.149. The van der Waals surface area contributed by atoms with Crippen molar-refractivity contribution in [2.45, 2.75) is 26.4 Å². The number of aliphatic hydroxyl groups is 1. The fourth-order valence-corrected chi connectivity index (χ4v) is 3.21. The summed E-state index contributed by atoms with van der Waals surface area (Å²) in [6.07, 6.45) is 1.50. The zero-order valence-corrected chi connectivity index (χ0v) is 24.4. The molecule has 0 spiro atoms. The number of ether oxygens (including phenoxy) is 7. The summed E-state index contributed by atoms with van der Waals surface area (Å²) < 4.78 is 37.5. The van der Waals surface area contributed by atoms with Gasteiger partial charge in [-0.3, -0.25) is 0 Å². The predicted molar refractivity (Wildman–Crippen MR) is 151 cm³/mol. The summed E-state index contributed by atoms with van der Waals surface area (Å²) in [4.78, 5) is 14.2. The van der Waals surface area contributed by atoms with Crippen LogP contribution in [0.1, 0.15) is 26.3 Å². The number of hydrogen-bond acceptors (Lipinski definition) is 11. The van der Waals surface area contributed by atoms with Crippen LogP contribution in [0.15, 0.2) is 29.8 Å². The molecule has 0 saturated carbocycles. The molecule has 0 bridgehead atoms. The normalized spacial score (nSPS) is 11.8. The van der Waals surface area contributed by atoms with Crippen molar-refractivity contribution < 1.29 is 43.1 Å². The molecule has 0 aliphatic heterocycles. The van der Waals surface area contributed by atoms with E-state index >= 15 is 0 Å². The molecule has 0 aliphatic carbocycles. The number of nitrogens with zero attached hydrogens (tertiary/aromatic N) is 2. The van der Waals surface area contributed by atoms with Gasteiger partial charge in [-0.25, -0.2) is 4.79 Å². The van der Waals surface area contributed by atoms with Crippen LogP contribution in [0, 0.1) is 11.3 Å². The SMILES string of the molecule is COCCOCCOCCOCCOCCOCCN(CCO)c1ccc(/C=C(\C#N)C(=O)OC(C)(C)C)cc1. The van der Waals surface area contributed by atoms with E-state index in [4.69, 9.17) is 33.2 Å². The van der Waals surface area contributed by atoms with Crippen molar-refractivity contribution in [3.63, 3.8) is 0 Å². The average Bonchev–Trinajstić information content (AvgIpc) is 2.92. The lowest BCUT2D eigenvalue weighted by Crippen LogP contribution is -2.30. The highest BCUT2D eigenvalue weighted by Gasteiger charge is 2.19. The van der Waals surface area contributed by atoms with Gasteiger partial charge in [-0.1, -0.05) is 12.1 Å². The summed E-state index contributed by atoms with van der Waals surface area (Å²) in [5.74, 6) is -0.657. The molecule has 226 valence electrons. The van der Waals surface area contributed by atoms with Gasteiger partial charge in [0.15, 0.2) is 0 Å². The molecule has 0 atom stereocenters. The summed E-state index contributed by atoms with van der Waals surface area (Å²) in [5, 5.41) is 18.8. The van der Waals surface area contributed by atoms with Crippen LogP contribution in [0.4, 0.5) is 5.69 Å². The van der Waals surface area contributed by atoms with Crippen molar-refractivity contribution >= 4 is 17.7 Å². The quantitative estimate of drug-likeness (QED) is 0.0908. The van der Waals surface area contributed by atoms with Crippen molar-refractivity contribution in [3.8, 4) is 6.07 Å². The maximum Gasteiger partial charge on any atom is 0.349 e. The maximum atomic E-state index is 12.2. The topological polar surface area (TPSA) is 129 Å². The lowest BCUT2D eigenvalue weighted by atomic mass is 10.1. The Morgan fingerprint density at radius 3 is 1.73 bits per heavy atom. The Labute approximate surface area is 238 Å². The van der Waals surface area contributed by atoms with Crippen LogP contribution in [0.3, 0.4) is 0 Å². The van der Waals surface area contributed by atoms with Gasteiger partial charge < -0.3 is 43.2 Å². The first-order chi connectivity index (χ1) is 19.3. The van der Waals surface area contributed by atoms with Crippen LogP contribution in [0.25, 0.3) is 6.08 Å². The second-order valence-electron chi connectivity index (χ2n) is 9.53. The average molecular weight is 567 g/mol. The lowest BCUT2D eigenvalue weighted by Gasteiger charge is -2.24. The number of hydrogen-bond donors (Lipinski definition) is 1. The highest BCUT2D eigenvalue weighted by molar-refractivity contribution is 5.98. The Hall–Kier alpha value is -2.56. The molecular formula is C29H46N2O9. The van der Waals surface area contributed by atoms with Crippen molar-refractivity contribution in [1.82, 2.24) is 0 Å². The number of anilines is 1. The Kier molecular flexibility index (Phi) is 19.7. The van der Waals surface area contributed by atoms with E-state index in [9.17, 15) is 15.2 Å². The number of methoxy groups -OCH3 is 1. The summed E-state index contributed by atoms with van der Waals surface area (Å²) in [7, 11) is 1.64. The third-order valence-electron chi connectivity index (χ3n) is 5.10. The first-order valence-corrected chi connectivity index (χ1v) is 13.5. The molecule has 1 N–H and O–H groups in total. The Morgan fingerprint density at radius 1 is 0.825 bits per heavy atom. The zero-order chi connectivity index (χ0) is 29.5. The molecule has 0 fully saturated rings. The molecule has 1 aromatic rings. The van der Waals surface area contributed by atoms with Gasteiger partial charge in [-0.05, 0) is 44.5 Å². The number of carbonyl (C=O) groups is 1. The number of nitriles is 1. The molecule has 11 nitrogen and oxygen atoms in total. The highest BCUT2D eigenvalue weighted by atomic mass is 16.6. The van der Waals surface area contributed by atoms with Gasteiger partial charge in [0.25, 0.3) is 0 Å². The van der Waals surface area contributed by atoms with Crippen LogP contribution in [0.5, 0.6) is 0 Å². The zero-order valence-electron chi connectivity index (χ0n) is 24.4. The summed E-state index contributed by atoms with van der Waals surface area (Å²) >= 11 is 0. The molecule has 0 radical (unpaired) electrons. The fraction of sp³-hybridized carbons (Fsp3) is 0.655. The van der Waals surface area contributed by atoms with E-state index < -0.39 is 11.6 Å². The van der Waals surface area contributed by atoms with E-state index in [0.29, 0.717) is 91.3 Å². The second-order valence-corrected chi connectivity index (χ2v) is 9.53. The highest BCUT2D eigenvalue weighted by Crippen LogP contribution is 2.18. The van der Waals surface area contributed by atoms with Crippen LogP contribution in [-0.4, -0.2) is 116 Å². The molecule has 0 unspecified atom stereocenters. The molecule has 0 aromatic heterocycles. The molecule has 40 heavy (non-hydrogen) atoms. The minimum absolute atomic E-state index is 0.00477. The van der Waals surface area contributed by atoms with Gasteiger partial charge in [-0.2, -0.15) is 5.26 Å². The Balaban J connectivity index is 2.24. The summed E-state index contributed by atoms with van der Waals surface area (Å²) in [6.45, 7) is 11.8. The van der Waals surface area contributed by atoms with Gasteiger partial charge in [0.2, 0.25) is 0 Å². The van der Waals surface area contributed by atoms with E-state index in [0.717, 1.165) is 5.69 Å². The van der Waals surface area contributed by atoms with E-state index in [2.05, 4.69) is 0 Å². The van der Waals surface area contributed by atoms with Crippen LogP contribution >= 0.6 is 0 Å². The van der Waals surface area contributed by atoms with Gasteiger partial charge in [0.05, 0.1) is 79.3 Å².